The van der Waals surface area contributed by atoms with E-state index in [0.717, 1.165) is 6.08 Å². The highest BCUT2D eigenvalue weighted by atomic mass is 16.6. The SMILES string of the molecule is CC1(O)C[C@]2(O)CC(OC2=O)[C@@H]1OC(=O)/C=C/c1ccc(O)c(O)c1. The Balaban J connectivity index is 1.71. The third kappa shape index (κ3) is 3.18. The summed E-state index contributed by atoms with van der Waals surface area (Å²) in [4.78, 5) is 23.7. The maximum atomic E-state index is 12.0. The van der Waals surface area contributed by atoms with Gasteiger partial charge in [0.1, 0.15) is 11.7 Å². The molecule has 25 heavy (non-hydrogen) atoms. The van der Waals surface area contributed by atoms with Crippen LogP contribution in [0.2, 0.25) is 0 Å². The largest absolute Gasteiger partial charge is 0.504 e. The number of hydrogen-bond donors (Lipinski definition) is 4. The van der Waals surface area contributed by atoms with Crippen LogP contribution in [0.15, 0.2) is 24.3 Å². The first-order valence-corrected chi connectivity index (χ1v) is 7.67. The van der Waals surface area contributed by atoms with Crippen molar-refractivity contribution < 1.29 is 39.5 Å². The molecule has 4 N–H and O–H groups in total. The molecule has 0 aromatic heterocycles. The number of carbonyl (C=O) groups is 2. The van der Waals surface area contributed by atoms with E-state index in [-0.39, 0.29) is 24.3 Å². The average Bonchev–Trinajstić information content (AvgIpc) is 2.76. The van der Waals surface area contributed by atoms with Gasteiger partial charge in [-0.25, -0.2) is 9.59 Å². The van der Waals surface area contributed by atoms with Gasteiger partial charge in [0.05, 0.1) is 0 Å². The van der Waals surface area contributed by atoms with Crippen molar-refractivity contribution in [1.82, 2.24) is 0 Å². The zero-order valence-corrected chi connectivity index (χ0v) is 13.4. The smallest absolute Gasteiger partial charge is 0.338 e. The summed E-state index contributed by atoms with van der Waals surface area (Å²) in [7, 11) is 0. The lowest BCUT2D eigenvalue weighted by Gasteiger charge is -2.40. The van der Waals surface area contributed by atoms with Crippen LogP contribution in [0.3, 0.4) is 0 Å². The molecule has 1 aliphatic carbocycles. The predicted octanol–water partition coefficient (Wildman–Crippen LogP) is 0.224. The van der Waals surface area contributed by atoms with E-state index in [1.165, 1.54) is 31.2 Å². The van der Waals surface area contributed by atoms with Crippen LogP contribution in [0, 0.1) is 0 Å². The molecule has 0 radical (unpaired) electrons. The summed E-state index contributed by atoms with van der Waals surface area (Å²) in [6.07, 6.45) is 0.0780. The summed E-state index contributed by atoms with van der Waals surface area (Å²) < 4.78 is 10.2. The number of phenolic OH excluding ortho intramolecular Hbond substituents is 2. The van der Waals surface area contributed by atoms with E-state index in [9.17, 15) is 30.0 Å². The van der Waals surface area contributed by atoms with E-state index >= 15 is 0 Å². The molecule has 3 rings (SSSR count). The lowest BCUT2D eigenvalue weighted by molar-refractivity contribution is -0.185. The Labute approximate surface area is 142 Å². The molecule has 2 unspecified atom stereocenters. The Hall–Kier alpha value is -2.58. The van der Waals surface area contributed by atoms with Crippen molar-refractivity contribution in [2.75, 3.05) is 0 Å². The Kier molecular flexibility index (Phi) is 3.97. The van der Waals surface area contributed by atoms with Crippen LogP contribution in [0.4, 0.5) is 0 Å². The fourth-order valence-corrected chi connectivity index (χ4v) is 3.29. The maximum Gasteiger partial charge on any atom is 0.338 e. The van der Waals surface area contributed by atoms with Gasteiger partial charge in [-0.15, -0.1) is 0 Å². The van der Waals surface area contributed by atoms with E-state index in [2.05, 4.69) is 0 Å². The van der Waals surface area contributed by atoms with Crippen LogP contribution in [-0.4, -0.2) is 55.8 Å². The summed E-state index contributed by atoms with van der Waals surface area (Å²) in [5.74, 6) is -2.23. The molecule has 1 heterocycles. The van der Waals surface area contributed by atoms with Gasteiger partial charge in [0.25, 0.3) is 0 Å². The first-order chi connectivity index (χ1) is 11.6. The molecule has 1 aromatic carbocycles. The minimum Gasteiger partial charge on any atom is -0.504 e. The van der Waals surface area contributed by atoms with Crippen molar-refractivity contribution in [3.8, 4) is 11.5 Å². The Bertz CT molecular complexity index is 753. The number of aromatic hydroxyl groups is 2. The summed E-state index contributed by atoms with van der Waals surface area (Å²) >= 11 is 0. The fourth-order valence-electron chi connectivity index (χ4n) is 3.29. The number of fused-ring (bicyclic) bond motifs is 2. The number of benzene rings is 1. The van der Waals surface area contributed by atoms with Crippen molar-refractivity contribution in [3.63, 3.8) is 0 Å². The van der Waals surface area contributed by atoms with Gasteiger partial charge in [-0.1, -0.05) is 6.07 Å². The fraction of sp³-hybridized carbons (Fsp3) is 0.412. The highest BCUT2D eigenvalue weighted by Gasteiger charge is 2.63. The van der Waals surface area contributed by atoms with Crippen LogP contribution < -0.4 is 0 Å². The summed E-state index contributed by atoms with van der Waals surface area (Å²) in [5, 5.41) is 39.2. The van der Waals surface area contributed by atoms with Crippen LogP contribution in [-0.2, 0) is 19.1 Å². The number of phenols is 2. The number of esters is 2. The second-order valence-corrected chi connectivity index (χ2v) is 6.65. The number of ether oxygens (including phenoxy) is 2. The van der Waals surface area contributed by atoms with Gasteiger partial charge in [-0.2, -0.15) is 0 Å². The third-order valence-electron chi connectivity index (χ3n) is 4.43. The van der Waals surface area contributed by atoms with Crippen LogP contribution in [0.25, 0.3) is 6.08 Å². The summed E-state index contributed by atoms with van der Waals surface area (Å²) in [6, 6.07) is 4.01. The molecule has 2 fully saturated rings. The van der Waals surface area contributed by atoms with Gasteiger partial charge < -0.3 is 29.9 Å². The number of hydrogen-bond acceptors (Lipinski definition) is 8. The van der Waals surface area contributed by atoms with Crippen LogP contribution in [0.5, 0.6) is 11.5 Å². The zero-order chi connectivity index (χ0) is 18.4. The summed E-state index contributed by atoms with van der Waals surface area (Å²) in [5.41, 5.74) is -2.93. The zero-order valence-electron chi connectivity index (χ0n) is 13.4. The Morgan fingerprint density at radius 1 is 1.32 bits per heavy atom. The Morgan fingerprint density at radius 2 is 2.04 bits per heavy atom. The van der Waals surface area contributed by atoms with Gasteiger partial charge >= 0.3 is 11.9 Å². The van der Waals surface area contributed by atoms with E-state index in [1.807, 2.05) is 0 Å². The standard InChI is InChI=1S/C17H18O8/c1-16(22)8-17(23)7-12(24-15(17)21)14(16)25-13(20)5-3-9-2-4-10(18)11(19)6-9/h2-6,12,14,18-19,22-23H,7-8H2,1H3/b5-3+/t12?,14-,16?,17+/m0/s1. The molecule has 8 nitrogen and oxygen atoms in total. The number of rotatable bonds is 3. The summed E-state index contributed by atoms with van der Waals surface area (Å²) in [6.45, 7) is 1.37. The van der Waals surface area contributed by atoms with Gasteiger partial charge in [0.15, 0.2) is 23.2 Å². The van der Waals surface area contributed by atoms with Crippen molar-refractivity contribution in [1.29, 1.82) is 0 Å². The number of carbonyl (C=O) groups excluding carboxylic acids is 2. The first kappa shape index (κ1) is 17.2. The van der Waals surface area contributed by atoms with E-state index < -0.39 is 35.3 Å². The van der Waals surface area contributed by atoms with Crippen molar-refractivity contribution in [3.05, 3.63) is 29.8 Å². The van der Waals surface area contributed by atoms with Crippen LogP contribution in [0.1, 0.15) is 25.3 Å². The molecule has 2 bridgehead atoms. The molecule has 1 saturated heterocycles. The lowest BCUT2D eigenvalue weighted by atomic mass is 9.74. The molecular formula is C17H18O8. The normalized spacial score (nSPS) is 34.1. The molecule has 1 aliphatic heterocycles. The minimum atomic E-state index is -1.75. The van der Waals surface area contributed by atoms with E-state index in [1.54, 1.807) is 0 Å². The molecule has 0 amide bonds. The molecule has 4 atom stereocenters. The quantitative estimate of drug-likeness (QED) is 0.346. The van der Waals surface area contributed by atoms with Crippen LogP contribution >= 0.6 is 0 Å². The molecule has 0 spiro atoms. The predicted molar refractivity (Wildman–Crippen MR) is 83.4 cm³/mol. The van der Waals surface area contributed by atoms with Crippen molar-refractivity contribution in [2.24, 2.45) is 0 Å². The van der Waals surface area contributed by atoms with E-state index in [4.69, 9.17) is 9.47 Å². The maximum absolute atomic E-state index is 12.0. The second-order valence-electron chi connectivity index (χ2n) is 6.65. The van der Waals surface area contributed by atoms with Crippen molar-refractivity contribution in [2.45, 2.75) is 43.2 Å². The van der Waals surface area contributed by atoms with Gasteiger partial charge in [0.2, 0.25) is 0 Å². The van der Waals surface area contributed by atoms with Gasteiger partial charge in [0, 0.05) is 18.9 Å². The highest BCUT2D eigenvalue weighted by Crippen LogP contribution is 2.44. The molecule has 1 saturated carbocycles. The number of aliphatic hydroxyl groups is 2. The Morgan fingerprint density at radius 3 is 2.72 bits per heavy atom. The highest BCUT2D eigenvalue weighted by molar-refractivity contribution is 5.88. The van der Waals surface area contributed by atoms with Gasteiger partial charge in [-0.05, 0) is 30.7 Å². The third-order valence-corrected chi connectivity index (χ3v) is 4.43. The molecular weight excluding hydrogens is 332 g/mol. The lowest BCUT2D eigenvalue weighted by Crippen LogP contribution is -2.57. The molecule has 134 valence electrons. The van der Waals surface area contributed by atoms with E-state index in [0.29, 0.717) is 5.56 Å². The van der Waals surface area contributed by atoms with Gasteiger partial charge in [-0.3, -0.25) is 0 Å². The molecule has 2 aliphatic rings. The molecule has 8 heteroatoms. The molecule has 1 aromatic rings. The van der Waals surface area contributed by atoms with Crippen molar-refractivity contribution >= 4 is 18.0 Å². The second kappa shape index (κ2) is 5.75. The average molecular weight is 350 g/mol. The topological polar surface area (TPSA) is 134 Å². The first-order valence-electron chi connectivity index (χ1n) is 7.67. The monoisotopic (exact) mass is 350 g/mol. The minimum absolute atomic E-state index is 0.0462.